The summed E-state index contributed by atoms with van der Waals surface area (Å²) in [5.74, 6) is -2.55. The largest absolute Gasteiger partial charge is 0.462 e. The number of ketones is 1. The summed E-state index contributed by atoms with van der Waals surface area (Å²) in [6, 6.07) is 0. The second kappa shape index (κ2) is 4.89. The standard InChI is InChI=1S/C12H15NO5/c1-3-17-11(15)8-9(14)12(16)18-10(8)7-4-5-13(2)6-7/h7H,3-6H2,1-2H3. The van der Waals surface area contributed by atoms with E-state index in [2.05, 4.69) is 4.90 Å². The lowest BCUT2D eigenvalue weighted by atomic mass is 10.0. The first-order valence-corrected chi connectivity index (χ1v) is 5.91. The number of rotatable bonds is 3. The van der Waals surface area contributed by atoms with Crippen LogP contribution in [0, 0.1) is 5.92 Å². The first kappa shape index (κ1) is 12.8. The van der Waals surface area contributed by atoms with Crippen molar-refractivity contribution in [1.82, 2.24) is 4.90 Å². The lowest BCUT2D eigenvalue weighted by Gasteiger charge is -2.11. The van der Waals surface area contributed by atoms with Crippen LogP contribution in [0.4, 0.5) is 0 Å². The van der Waals surface area contributed by atoms with Crippen LogP contribution in [-0.2, 0) is 23.9 Å². The van der Waals surface area contributed by atoms with Gasteiger partial charge >= 0.3 is 11.9 Å². The summed E-state index contributed by atoms with van der Waals surface area (Å²) in [6.45, 7) is 3.31. The summed E-state index contributed by atoms with van der Waals surface area (Å²) < 4.78 is 9.75. The summed E-state index contributed by atoms with van der Waals surface area (Å²) >= 11 is 0. The number of esters is 2. The van der Waals surface area contributed by atoms with Crippen LogP contribution in [0.5, 0.6) is 0 Å². The fourth-order valence-electron chi connectivity index (χ4n) is 2.24. The minimum absolute atomic E-state index is 0.0928. The maximum Gasteiger partial charge on any atom is 0.385 e. The molecule has 0 bridgehead atoms. The van der Waals surface area contributed by atoms with Crippen molar-refractivity contribution in [2.24, 2.45) is 5.92 Å². The van der Waals surface area contributed by atoms with E-state index < -0.39 is 17.7 Å². The molecule has 1 unspecified atom stereocenters. The highest BCUT2D eigenvalue weighted by Gasteiger charge is 2.43. The molecular weight excluding hydrogens is 238 g/mol. The van der Waals surface area contributed by atoms with Crippen molar-refractivity contribution in [3.05, 3.63) is 11.3 Å². The highest BCUT2D eigenvalue weighted by Crippen LogP contribution is 2.31. The summed E-state index contributed by atoms with van der Waals surface area (Å²) in [7, 11) is 1.93. The van der Waals surface area contributed by atoms with Gasteiger partial charge in [0.2, 0.25) is 0 Å². The monoisotopic (exact) mass is 253 g/mol. The Labute approximate surface area is 105 Å². The molecule has 98 valence electrons. The quantitative estimate of drug-likeness (QED) is 0.397. The minimum Gasteiger partial charge on any atom is -0.462 e. The molecular formula is C12H15NO5. The molecule has 2 rings (SSSR count). The van der Waals surface area contributed by atoms with Gasteiger partial charge in [0.15, 0.2) is 5.57 Å². The van der Waals surface area contributed by atoms with Crippen LogP contribution in [0.25, 0.3) is 0 Å². The SMILES string of the molecule is CCOC(=O)C1=C(C2CCN(C)C2)OC(=O)C1=O. The van der Waals surface area contributed by atoms with E-state index in [1.165, 1.54) is 0 Å². The van der Waals surface area contributed by atoms with Crippen molar-refractivity contribution >= 4 is 17.7 Å². The number of carbonyl (C=O) groups excluding carboxylic acids is 3. The molecule has 2 heterocycles. The van der Waals surface area contributed by atoms with Gasteiger partial charge in [0, 0.05) is 12.5 Å². The van der Waals surface area contributed by atoms with E-state index in [-0.39, 0.29) is 23.9 Å². The van der Waals surface area contributed by atoms with Gasteiger partial charge in [-0.15, -0.1) is 0 Å². The maximum atomic E-state index is 11.7. The molecule has 0 radical (unpaired) electrons. The van der Waals surface area contributed by atoms with Gasteiger partial charge in [0.05, 0.1) is 6.61 Å². The molecule has 1 saturated heterocycles. The Hall–Kier alpha value is -1.69. The maximum absolute atomic E-state index is 11.7. The molecule has 2 aliphatic rings. The third-order valence-electron chi connectivity index (χ3n) is 3.10. The van der Waals surface area contributed by atoms with Crippen molar-refractivity contribution < 1.29 is 23.9 Å². The van der Waals surface area contributed by atoms with E-state index in [0.717, 1.165) is 13.0 Å². The zero-order chi connectivity index (χ0) is 13.3. The second-order valence-corrected chi connectivity index (χ2v) is 4.43. The van der Waals surface area contributed by atoms with Crippen molar-refractivity contribution in [2.75, 3.05) is 26.7 Å². The number of Topliss-reactive ketones (excluding diaryl/α,β-unsaturated/α-hetero) is 1. The van der Waals surface area contributed by atoms with Crippen LogP contribution in [0.3, 0.4) is 0 Å². The van der Waals surface area contributed by atoms with E-state index in [9.17, 15) is 14.4 Å². The summed E-state index contributed by atoms with van der Waals surface area (Å²) in [4.78, 5) is 36.7. The van der Waals surface area contributed by atoms with Crippen molar-refractivity contribution in [2.45, 2.75) is 13.3 Å². The van der Waals surface area contributed by atoms with E-state index >= 15 is 0 Å². The molecule has 0 aromatic rings. The summed E-state index contributed by atoms with van der Waals surface area (Å²) in [5.41, 5.74) is -0.220. The van der Waals surface area contributed by atoms with Gasteiger partial charge in [-0.05, 0) is 26.9 Å². The zero-order valence-electron chi connectivity index (χ0n) is 10.4. The molecule has 18 heavy (non-hydrogen) atoms. The Morgan fingerprint density at radius 3 is 2.78 bits per heavy atom. The molecule has 6 heteroatoms. The first-order valence-electron chi connectivity index (χ1n) is 5.91. The molecule has 1 atom stereocenters. The van der Waals surface area contributed by atoms with Crippen molar-refractivity contribution in [3.63, 3.8) is 0 Å². The van der Waals surface area contributed by atoms with Gasteiger partial charge in [0.1, 0.15) is 5.76 Å². The highest BCUT2D eigenvalue weighted by atomic mass is 16.6. The van der Waals surface area contributed by atoms with Crippen LogP contribution in [-0.4, -0.2) is 49.4 Å². The Morgan fingerprint density at radius 2 is 2.22 bits per heavy atom. The molecule has 0 aliphatic carbocycles. The fraction of sp³-hybridized carbons (Fsp3) is 0.583. The topological polar surface area (TPSA) is 72.9 Å². The van der Waals surface area contributed by atoms with Gasteiger partial charge in [-0.2, -0.15) is 0 Å². The Balaban J connectivity index is 2.29. The number of cyclic esters (lactones) is 1. The lowest BCUT2D eigenvalue weighted by molar-refractivity contribution is -0.148. The van der Waals surface area contributed by atoms with Gasteiger partial charge in [-0.25, -0.2) is 9.59 Å². The number of hydrogen-bond acceptors (Lipinski definition) is 6. The Bertz CT molecular complexity index is 440. The average molecular weight is 253 g/mol. The predicted molar refractivity (Wildman–Crippen MR) is 60.4 cm³/mol. The third kappa shape index (κ3) is 2.15. The zero-order valence-corrected chi connectivity index (χ0v) is 10.4. The van der Waals surface area contributed by atoms with E-state index in [1.807, 2.05) is 7.05 Å². The second-order valence-electron chi connectivity index (χ2n) is 4.43. The van der Waals surface area contributed by atoms with Gasteiger partial charge in [0.25, 0.3) is 5.78 Å². The van der Waals surface area contributed by atoms with Crippen LogP contribution < -0.4 is 0 Å². The van der Waals surface area contributed by atoms with Crippen LogP contribution in [0.15, 0.2) is 11.3 Å². The molecule has 0 aromatic heterocycles. The number of likely N-dealkylation sites (tertiary alicyclic amines) is 1. The highest BCUT2D eigenvalue weighted by molar-refractivity contribution is 6.48. The van der Waals surface area contributed by atoms with E-state index in [4.69, 9.17) is 9.47 Å². The fourth-order valence-corrected chi connectivity index (χ4v) is 2.24. The molecule has 0 spiro atoms. The smallest absolute Gasteiger partial charge is 0.385 e. The number of ether oxygens (including phenoxy) is 2. The molecule has 0 saturated carbocycles. The van der Waals surface area contributed by atoms with Crippen LogP contribution >= 0.6 is 0 Å². The molecule has 1 fully saturated rings. The van der Waals surface area contributed by atoms with Gasteiger partial charge < -0.3 is 14.4 Å². The van der Waals surface area contributed by atoms with Gasteiger partial charge in [-0.1, -0.05) is 0 Å². The number of carbonyl (C=O) groups is 3. The summed E-state index contributed by atoms with van der Waals surface area (Å²) in [6.07, 6.45) is 0.759. The lowest BCUT2D eigenvalue weighted by Crippen LogP contribution is -2.19. The molecule has 6 nitrogen and oxygen atoms in total. The molecule has 0 aromatic carbocycles. The van der Waals surface area contributed by atoms with Crippen molar-refractivity contribution in [3.8, 4) is 0 Å². The number of nitrogens with zero attached hydrogens (tertiary/aromatic N) is 1. The molecule has 0 N–H and O–H groups in total. The van der Waals surface area contributed by atoms with E-state index in [0.29, 0.717) is 6.54 Å². The first-order chi connectivity index (χ1) is 8.54. The van der Waals surface area contributed by atoms with Crippen LogP contribution in [0.1, 0.15) is 13.3 Å². The predicted octanol–water partition coefficient (Wildman–Crippen LogP) is -0.119. The van der Waals surface area contributed by atoms with Gasteiger partial charge in [-0.3, -0.25) is 4.79 Å². The van der Waals surface area contributed by atoms with E-state index in [1.54, 1.807) is 6.92 Å². The normalized spacial score (nSPS) is 24.7. The Kier molecular flexibility index (Phi) is 3.47. The Morgan fingerprint density at radius 1 is 1.50 bits per heavy atom. The van der Waals surface area contributed by atoms with Crippen LogP contribution in [0.2, 0.25) is 0 Å². The van der Waals surface area contributed by atoms with Crippen molar-refractivity contribution in [1.29, 1.82) is 0 Å². The molecule has 2 aliphatic heterocycles. The summed E-state index contributed by atoms with van der Waals surface area (Å²) in [5, 5.41) is 0. The average Bonchev–Trinajstić information content (AvgIpc) is 2.85. The molecule has 0 amide bonds. The number of hydrogen-bond donors (Lipinski definition) is 0. The third-order valence-corrected chi connectivity index (χ3v) is 3.10. The minimum atomic E-state index is -0.984.